The Morgan fingerprint density at radius 1 is 1.35 bits per heavy atom. The fourth-order valence-electron chi connectivity index (χ4n) is 2.81. The molecule has 0 bridgehead atoms. The molecule has 1 amide bonds. The van der Waals surface area contributed by atoms with E-state index in [1.54, 1.807) is 12.4 Å². The second-order valence-electron chi connectivity index (χ2n) is 5.06. The summed E-state index contributed by atoms with van der Waals surface area (Å²) in [5.74, 6) is 0.0144. The molecule has 1 heterocycles. The Labute approximate surface area is 126 Å². The third-order valence-electron chi connectivity index (χ3n) is 3.84. The molecule has 0 N–H and O–H groups in total. The molecule has 1 aromatic carbocycles. The van der Waals surface area contributed by atoms with Gasteiger partial charge in [0.15, 0.2) is 0 Å². The van der Waals surface area contributed by atoms with Crippen molar-refractivity contribution in [3.63, 3.8) is 0 Å². The summed E-state index contributed by atoms with van der Waals surface area (Å²) in [5, 5.41) is 0. The first kappa shape index (κ1) is 13.3. The third-order valence-corrected chi connectivity index (χ3v) is 4.27. The van der Waals surface area contributed by atoms with Gasteiger partial charge in [0.05, 0.1) is 11.6 Å². The molecule has 0 aliphatic heterocycles. The number of rotatable bonds is 2. The quantitative estimate of drug-likeness (QED) is 0.842. The van der Waals surface area contributed by atoms with Crippen molar-refractivity contribution in [1.82, 2.24) is 9.88 Å². The van der Waals surface area contributed by atoms with Gasteiger partial charge in [0.25, 0.3) is 5.91 Å². The topological polar surface area (TPSA) is 33.2 Å². The van der Waals surface area contributed by atoms with Gasteiger partial charge in [-0.2, -0.15) is 0 Å². The summed E-state index contributed by atoms with van der Waals surface area (Å²) in [6.07, 6.45) is 5.32. The highest BCUT2D eigenvalue weighted by Crippen LogP contribution is 2.35. The minimum absolute atomic E-state index is 0.0144. The first-order valence-electron chi connectivity index (χ1n) is 6.62. The Kier molecular flexibility index (Phi) is 3.57. The van der Waals surface area contributed by atoms with E-state index in [-0.39, 0.29) is 11.9 Å². The molecule has 1 aliphatic rings. The van der Waals surface area contributed by atoms with Crippen LogP contribution in [0.3, 0.4) is 0 Å². The number of hydrogen-bond donors (Lipinski definition) is 0. The highest BCUT2D eigenvalue weighted by atomic mass is 79.9. The van der Waals surface area contributed by atoms with E-state index in [0.717, 1.165) is 17.3 Å². The van der Waals surface area contributed by atoms with Crippen LogP contribution in [0.15, 0.2) is 47.2 Å². The Bertz CT molecular complexity index is 656. The van der Waals surface area contributed by atoms with Crippen LogP contribution in [0.1, 0.15) is 33.9 Å². The van der Waals surface area contributed by atoms with Crippen LogP contribution in [0.25, 0.3) is 0 Å². The molecule has 3 nitrogen and oxygen atoms in total. The lowest BCUT2D eigenvalue weighted by molar-refractivity contribution is 0.0730. The lowest BCUT2D eigenvalue weighted by atomic mass is 10.1. The molecule has 0 radical (unpaired) electrons. The lowest BCUT2D eigenvalue weighted by Crippen LogP contribution is -2.30. The molecule has 0 saturated carbocycles. The Balaban J connectivity index is 1.87. The molecule has 1 aromatic heterocycles. The molecular weight excluding hydrogens is 316 g/mol. The van der Waals surface area contributed by atoms with E-state index in [9.17, 15) is 4.79 Å². The summed E-state index contributed by atoms with van der Waals surface area (Å²) in [4.78, 5) is 18.5. The third kappa shape index (κ3) is 2.36. The number of amides is 1. The number of fused-ring (bicyclic) bond motifs is 1. The summed E-state index contributed by atoms with van der Waals surface area (Å²) >= 11 is 3.36. The number of nitrogens with zero attached hydrogens (tertiary/aromatic N) is 2. The van der Waals surface area contributed by atoms with Gasteiger partial charge in [0.1, 0.15) is 0 Å². The monoisotopic (exact) mass is 330 g/mol. The number of carbonyl (C=O) groups excluding carboxylic acids is 1. The minimum Gasteiger partial charge on any atom is -0.335 e. The summed E-state index contributed by atoms with van der Waals surface area (Å²) < 4.78 is 0.823. The zero-order valence-corrected chi connectivity index (χ0v) is 12.8. The van der Waals surface area contributed by atoms with Gasteiger partial charge < -0.3 is 4.90 Å². The van der Waals surface area contributed by atoms with Gasteiger partial charge in [-0.05, 0) is 46.0 Å². The van der Waals surface area contributed by atoms with Crippen LogP contribution < -0.4 is 0 Å². The molecule has 1 atom stereocenters. The predicted octanol–water partition coefficient (Wildman–Crippen LogP) is 3.60. The maximum absolute atomic E-state index is 12.6. The molecular formula is C16H15BrN2O. The average molecular weight is 331 g/mol. The van der Waals surface area contributed by atoms with Crippen LogP contribution in [0.2, 0.25) is 0 Å². The molecule has 1 unspecified atom stereocenters. The fraction of sp³-hybridized carbons (Fsp3) is 0.250. The molecule has 4 heteroatoms. The molecule has 102 valence electrons. The Morgan fingerprint density at radius 2 is 2.15 bits per heavy atom. The van der Waals surface area contributed by atoms with E-state index < -0.39 is 0 Å². The first-order valence-corrected chi connectivity index (χ1v) is 7.41. The highest BCUT2D eigenvalue weighted by Gasteiger charge is 2.28. The van der Waals surface area contributed by atoms with Crippen LogP contribution >= 0.6 is 15.9 Å². The molecule has 20 heavy (non-hydrogen) atoms. The zero-order chi connectivity index (χ0) is 14.1. The van der Waals surface area contributed by atoms with Crippen molar-refractivity contribution >= 4 is 21.8 Å². The van der Waals surface area contributed by atoms with Crippen molar-refractivity contribution in [3.05, 3.63) is 63.9 Å². The largest absolute Gasteiger partial charge is 0.335 e. The number of aromatic nitrogens is 1. The number of hydrogen-bond acceptors (Lipinski definition) is 2. The number of halogens is 1. The van der Waals surface area contributed by atoms with E-state index in [1.165, 1.54) is 11.1 Å². The minimum atomic E-state index is 0.0144. The van der Waals surface area contributed by atoms with E-state index in [0.29, 0.717) is 5.56 Å². The first-order chi connectivity index (χ1) is 9.66. The van der Waals surface area contributed by atoms with E-state index in [2.05, 4.69) is 39.1 Å². The standard InChI is InChI=1S/C16H15BrN2O/c1-19(16(20)12-8-13(17)10-18-9-12)15-7-6-11-4-2-3-5-14(11)15/h2-5,8-10,15H,6-7H2,1H3. The maximum Gasteiger partial charge on any atom is 0.255 e. The van der Waals surface area contributed by atoms with Crippen LogP contribution in [0.4, 0.5) is 0 Å². The highest BCUT2D eigenvalue weighted by molar-refractivity contribution is 9.10. The van der Waals surface area contributed by atoms with Gasteiger partial charge in [-0.3, -0.25) is 9.78 Å². The second kappa shape index (κ2) is 5.37. The van der Waals surface area contributed by atoms with E-state index >= 15 is 0 Å². The van der Waals surface area contributed by atoms with Gasteiger partial charge in [-0.25, -0.2) is 0 Å². The molecule has 2 aromatic rings. The smallest absolute Gasteiger partial charge is 0.255 e. The Hall–Kier alpha value is -1.68. The summed E-state index contributed by atoms with van der Waals surface area (Å²) in [7, 11) is 1.87. The SMILES string of the molecule is CN(C(=O)c1cncc(Br)c1)C1CCc2ccccc21. The van der Waals surface area contributed by atoms with Gasteiger partial charge >= 0.3 is 0 Å². The number of aryl methyl sites for hydroxylation is 1. The van der Waals surface area contributed by atoms with Crippen LogP contribution in [0.5, 0.6) is 0 Å². The van der Waals surface area contributed by atoms with Crippen LogP contribution in [-0.2, 0) is 6.42 Å². The summed E-state index contributed by atoms with van der Waals surface area (Å²) in [5.41, 5.74) is 3.24. The lowest BCUT2D eigenvalue weighted by Gasteiger charge is -2.25. The molecule has 0 spiro atoms. The average Bonchev–Trinajstić information content (AvgIpc) is 2.89. The van der Waals surface area contributed by atoms with Crippen LogP contribution in [-0.4, -0.2) is 22.8 Å². The molecule has 0 fully saturated rings. The van der Waals surface area contributed by atoms with E-state index in [1.807, 2.05) is 24.1 Å². The van der Waals surface area contributed by atoms with Crippen molar-refractivity contribution in [2.24, 2.45) is 0 Å². The van der Waals surface area contributed by atoms with Gasteiger partial charge in [-0.1, -0.05) is 24.3 Å². The second-order valence-corrected chi connectivity index (χ2v) is 5.98. The summed E-state index contributed by atoms with van der Waals surface area (Å²) in [6.45, 7) is 0. The summed E-state index contributed by atoms with van der Waals surface area (Å²) in [6, 6.07) is 10.3. The normalized spacial score (nSPS) is 16.8. The number of benzene rings is 1. The maximum atomic E-state index is 12.6. The van der Waals surface area contributed by atoms with Gasteiger partial charge in [-0.15, -0.1) is 0 Å². The van der Waals surface area contributed by atoms with Crippen molar-refractivity contribution in [1.29, 1.82) is 0 Å². The van der Waals surface area contributed by atoms with Crippen molar-refractivity contribution < 1.29 is 4.79 Å². The van der Waals surface area contributed by atoms with Gasteiger partial charge in [0.2, 0.25) is 0 Å². The Morgan fingerprint density at radius 3 is 2.95 bits per heavy atom. The number of pyridine rings is 1. The van der Waals surface area contributed by atoms with Crippen LogP contribution in [0, 0.1) is 0 Å². The molecule has 1 aliphatic carbocycles. The van der Waals surface area contributed by atoms with Crippen molar-refractivity contribution in [2.45, 2.75) is 18.9 Å². The molecule has 3 rings (SSSR count). The predicted molar refractivity (Wildman–Crippen MR) is 81.5 cm³/mol. The molecule has 0 saturated heterocycles. The van der Waals surface area contributed by atoms with Crippen molar-refractivity contribution in [2.75, 3.05) is 7.05 Å². The zero-order valence-electron chi connectivity index (χ0n) is 11.2. The van der Waals surface area contributed by atoms with E-state index in [4.69, 9.17) is 0 Å². The van der Waals surface area contributed by atoms with Gasteiger partial charge in [0, 0.05) is 23.9 Å². The fourth-order valence-corrected chi connectivity index (χ4v) is 3.18. The van der Waals surface area contributed by atoms with Crippen molar-refractivity contribution in [3.8, 4) is 0 Å². The number of carbonyl (C=O) groups is 1.